The lowest BCUT2D eigenvalue weighted by molar-refractivity contribution is -0.138. The molecule has 2 amide bonds. The number of hydrogen-bond acceptors (Lipinski definition) is 6. The van der Waals surface area contributed by atoms with Gasteiger partial charge in [0.05, 0.1) is 11.8 Å². The number of nitrogens with zero attached hydrogens (tertiary/aromatic N) is 1. The Labute approximate surface area is 239 Å². The largest absolute Gasteiger partial charge is 0.333 e. The summed E-state index contributed by atoms with van der Waals surface area (Å²) < 4.78 is 0. The van der Waals surface area contributed by atoms with E-state index in [2.05, 4.69) is 48.6 Å². The van der Waals surface area contributed by atoms with Crippen molar-refractivity contribution in [1.82, 2.24) is 4.90 Å². The molecule has 4 atom stereocenters. The third kappa shape index (κ3) is 10.0. The topological polar surface area (TPSA) is 133 Å². The molecule has 1 aliphatic heterocycles. The molecule has 3 aromatic rings. The fraction of sp³-hybridized carbons (Fsp3) is 0.303. The highest BCUT2D eigenvalue weighted by Gasteiger charge is 2.58. The quantitative estimate of drug-likeness (QED) is 0.134. The van der Waals surface area contributed by atoms with Crippen LogP contribution in [0.25, 0.3) is 0 Å². The van der Waals surface area contributed by atoms with Crippen molar-refractivity contribution in [2.24, 2.45) is 41.1 Å². The summed E-state index contributed by atoms with van der Waals surface area (Å²) in [6.07, 6.45) is 5.23. The maximum absolute atomic E-state index is 11.7. The van der Waals surface area contributed by atoms with E-state index in [9.17, 15) is 14.4 Å². The Hall–Kier alpha value is -3.91. The lowest BCUT2D eigenvalue weighted by atomic mass is 9.85. The van der Waals surface area contributed by atoms with Gasteiger partial charge in [-0.1, -0.05) is 114 Å². The van der Waals surface area contributed by atoms with Gasteiger partial charge in [0, 0.05) is 12.6 Å². The number of hydrogen-bond donors (Lipinski definition) is 3. The van der Waals surface area contributed by atoms with E-state index < -0.39 is 0 Å². The second-order valence-electron chi connectivity index (χ2n) is 9.47. The predicted molar refractivity (Wildman–Crippen MR) is 163 cm³/mol. The summed E-state index contributed by atoms with van der Waals surface area (Å²) in [5.41, 5.74) is 7.79. The minimum Gasteiger partial charge on any atom is -0.333 e. The van der Waals surface area contributed by atoms with E-state index in [0.29, 0.717) is 11.8 Å². The highest BCUT2D eigenvalue weighted by Crippen LogP contribution is 2.52. The number of rotatable bonds is 1. The Morgan fingerprint density at radius 2 is 1.02 bits per heavy atom. The van der Waals surface area contributed by atoms with Crippen LogP contribution in [0.5, 0.6) is 0 Å². The van der Waals surface area contributed by atoms with Gasteiger partial charge in [-0.25, -0.2) is 0 Å². The fourth-order valence-electron chi connectivity index (χ4n) is 4.76. The van der Waals surface area contributed by atoms with Crippen molar-refractivity contribution in [3.63, 3.8) is 0 Å². The number of hydrazine groups is 1. The molecule has 6 rings (SSSR count). The molecule has 7 nitrogen and oxygen atoms in total. The van der Waals surface area contributed by atoms with Crippen molar-refractivity contribution < 1.29 is 14.4 Å². The molecule has 2 bridgehead atoms. The molecule has 1 saturated heterocycles. The van der Waals surface area contributed by atoms with E-state index in [0.717, 1.165) is 12.0 Å². The summed E-state index contributed by atoms with van der Waals surface area (Å²) in [5, 5.41) is 0. The first-order valence-corrected chi connectivity index (χ1v) is 13.3. The third-order valence-corrected chi connectivity index (χ3v) is 6.76. The van der Waals surface area contributed by atoms with Crippen LogP contribution in [0.3, 0.4) is 0 Å². The first-order valence-electron chi connectivity index (χ1n) is 13.3. The van der Waals surface area contributed by atoms with E-state index in [4.69, 9.17) is 0 Å². The number of benzene rings is 3. The summed E-state index contributed by atoms with van der Waals surface area (Å²) in [7, 11) is 3.10. The molecule has 2 fully saturated rings. The molecular weight excluding hydrogens is 500 g/mol. The first kappa shape index (κ1) is 34.1. The van der Waals surface area contributed by atoms with E-state index in [1.54, 1.807) is 14.0 Å². The fourth-order valence-corrected chi connectivity index (χ4v) is 4.76. The van der Waals surface area contributed by atoms with Crippen molar-refractivity contribution in [3.05, 3.63) is 120 Å². The molecule has 0 aromatic heterocycles. The Balaban J connectivity index is 0.000000266. The molecule has 1 heterocycles. The number of ketones is 1. The first-order chi connectivity index (χ1) is 19.3. The predicted octanol–water partition coefficient (Wildman–Crippen LogP) is 4.70. The third-order valence-electron chi connectivity index (χ3n) is 6.76. The molecule has 1 saturated carbocycles. The summed E-state index contributed by atoms with van der Waals surface area (Å²) in [6, 6.07) is 29.8. The SMILES string of the molecule is CC(=O)c1ccc(C)cc1.CN.CN1C(=O)C2C3C=CC(C3)C2C1=O.Cc1ccccc1.NN.c1ccccc1. The summed E-state index contributed by atoms with van der Waals surface area (Å²) >= 11 is 0. The number of amides is 2. The van der Waals surface area contributed by atoms with Crippen molar-refractivity contribution in [3.8, 4) is 0 Å². The van der Waals surface area contributed by atoms with Gasteiger partial charge in [0.2, 0.25) is 11.8 Å². The molecule has 0 spiro atoms. The van der Waals surface area contributed by atoms with E-state index in [1.807, 2.05) is 85.8 Å². The Bertz CT molecular complexity index is 1120. The lowest BCUT2D eigenvalue weighted by Gasteiger charge is -2.14. The molecular formula is C33H44N4O3. The maximum Gasteiger partial charge on any atom is 0.233 e. The van der Waals surface area contributed by atoms with Crippen LogP contribution in [-0.4, -0.2) is 36.6 Å². The van der Waals surface area contributed by atoms with Gasteiger partial charge in [-0.15, -0.1) is 0 Å². The van der Waals surface area contributed by atoms with Crippen molar-refractivity contribution in [1.29, 1.82) is 0 Å². The Kier molecular flexibility index (Phi) is 15.7. The van der Waals surface area contributed by atoms with Crippen LogP contribution >= 0.6 is 0 Å². The number of Topliss-reactive ketones (excluding diaryl/α,β-unsaturated/α-hetero) is 1. The van der Waals surface area contributed by atoms with Crippen LogP contribution in [0.1, 0.15) is 34.8 Å². The molecule has 40 heavy (non-hydrogen) atoms. The average Bonchev–Trinajstić information content (AvgIpc) is 3.69. The highest BCUT2D eigenvalue weighted by molar-refractivity contribution is 6.06. The molecule has 0 radical (unpaired) electrons. The number of nitrogens with two attached hydrogens (primary N) is 3. The zero-order chi connectivity index (χ0) is 30.1. The second kappa shape index (κ2) is 18.4. The number of fused-ring (bicyclic) bond motifs is 5. The van der Waals surface area contributed by atoms with Crippen LogP contribution in [0, 0.1) is 37.5 Å². The van der Waals surface area contributed by atoms with Gasteiger partial charge in [-0.2, -0.15) is 0 Å². The summed E-state index contributed by atoms with van der Waals surface area (Å²) in [5.74, 6) is 8.84. The second-order valence-corrected chi connectivity index (χ2v) is 9.47. The standard InChI is InChI=1S/C10H11NO2.C9H10O.C7H8.C6H6.CH5N.H4N2/c1-11-9(12)7-5-2-3-6(4-5)8(7)10(11)13;1-7-3-5-9(6-4-7)8(2)10;1-7-5-3-2-4-6-7;1-2-4-6-5-3-1;2*1-2/h2-3,5-8H,4H2,1H3;3-6H,1-2H3;2-6H,1H3;1-6H;2H2,1H3;1-2H2. The zero-order valence-corrected chi connectivity index (χ0v) is 24.2. The van der Waals surface area contributed by atoms with Crippen LogP contribution < -0.4 is 17.4 Å². The number of imide groups is 1. The number of carbonyl (C=O) groups is 3. The highest BCUT2D eigenvalue weighted by atomic mass is 16.2. The molecule has 3 aromatic carbocycles. The number of likely N-dealkylation sites (tertiary alicyclic amines) is 1. The average molecular weight is 545 g/mol. The van der Waals surface area contributed by atoms with Gasteiger partial charge in [-0.3, -0.25) is 31.0 Å². The van der Waals surface area contributed by atoms with Gasteiger partial charge in [0.25, 0.3) is 0 Å². The van der Waals surface area contributed by atoms with Gasteiger partial charge < -0.3 is 5.73 Å². The molecule has 2 aliphatic carbocycles. The molecule has 3 aliphatic rings. The van der Waals surface area contributed by atoms with Crippen molar-refractivity contribution in [2.75, 3.05) is 14.1 Å². The lowest BCUT2D eigenvalue weighted by Crippen LogP contribution is -2.28. The van der Waals surface area contributed by atoms with Crippen LogP contribution in [0.2, 0.25) is 0 Å². The van der Waals surface area contributed by atoms with E-state index in [-0.39, 0.29) is 29.4 Å². The Morgan fingerprint density at radius 1 is 0.675 bits per heavy atom. The normalized spacial score (nSPS) is 20.4. The minimum absolute atomic E-state index is 0.0208. The zero-order valence-electron chi connectivity index (χ0n) is 24.2. The van der Waals surface area contributed by atoms with Gasteiger partial charge >= 0.3 is 0 Å². The van der Waals surface area contributed by atoms with Crippen LogP contribution in [0.4, 0.5) is 0 Å². The monoisotopic (exact) mass is 544 g/mol. The van der Waals surface area contributed by atoms with E-state index in [1.165, 1.54) is 23.1 Å². The minimum atomic E-state index is -0.0208. The summed E-state index contributed by atoms with van der Waals surface area (Å²) in [4.78, 5) is 35.4. The van der Waals surface area contributed by atoms with Crippen LogP contribution in [-0.2, 0) is 9.59 Å². The number of carbonyl (C=O) groups excluding carboxylic acids is 3. The smallest absolute Gasteiger partial charge is 0.233 e. The van der Waals surface area contributed by atoms with Crippen molar-refractivity contribution in [2.45, 2.75) is 27.2 Å². The van der Waals surface area contributed by atoms with Crippen LogP contribution in [0.15, 0.2) is 103 Å². The molecule has 7 heteroatoms. The number of aryl methyl sites for hydroxylation is 2. The number of allylic oxidation sites excluding steroid dienone is 2. The van der Waals surface area contributed by atoms with Crippen molar-refractivity contribution >= 4 is 17.6 Å². The summed E-state index contributed by atoms with van der Waals surface area (Å²) in [6.45, 7) is 5.66. The maximum atomic E-state index is 11.7. The molecule has 6 N–H and O–H groups in total. The van der Waals surface area contributed by atoms with Gasteiger partial charge in [0.15, 0.2) is 5.78 Å². The molecule has 4 unspecified atom stereocenters. The van der Waals surface area contributed by atoms with Gasteiger partial charge in [-0.05, 0) is 46.1 Å². The van der Waals surface area contributed by atoms with E-state index >= 15 is 0 Å². The van der Waals surface area contributed by atoms with Gasteiger partial charge in [0.1, 0.15) is 0 Å². The molecule has 214 valence electrons. The Morgan fingerprint density at radius 3 is 1.35 bits per heavy atom.